The van der Waals surface area contributed by atoms with Crippen LogP contribution in [0.25, 0.3) is 17.1 Å². The molecule has 0 aliphatic heterocycles. The van der Waals surface area contributed by atoms with E-state index in [4.69, 9.17) is 28.3 Å². The SMILES string of the molecule is Cc1c(C(=O)O)nc(-c2ccc(Cl)cc2Cl)n1-c1ccc(C#CCCO)cc1. The molecule has 0 amide bonds. The summed E-state index contributed by atoms with van der Waals surface area (Å²) in [7, 11) is 0. The molecule has 0 fully saturated rings. The van der Waals surface area contributed by atoms with Gasteiger partial charge in [0.1, 0.15) is 5.82 Å². The van der Waals surface area contributed by atoms with E-state index in [1.165, 1.54) is 0 Å². The topological polar surface area (TPSA) is 75.3 Å². The van der Waals surface area contributed by atoms with Gasteiger partial charge in [0.15, 0.2) is 5.69 Å². The Morgan fingerprint density at radius 1 is 1.18 bits per heavy atom. The Morgan fingerprint density at radius 3 is 2.50 bits per heavy atom. The largest absolute Gasteiger partial charge is 0.476 e. The van der Waals surface area contributed by atoms with Crippen molar-refractivity contribution in [2.75, 3.05) is 6.61 Å². The molecule has 0 spiro atoms. The van der Waals surface area contributed by atoms with Gasteiger partial charge in [0.25, 0.3) is 0 Å². The lowest BCUT2D eigenvalue weighted by atomic mass is 10.1. The number of aromatic nitrogens is 2. The van der Waals surface area contributed by atoms with Crippen LogP contribution in [0.1, 0.15) is 28.2 Å². The summed E-state index contributed by atoms with van der Waals surface area (Å²) in [5.41, 5.74) is 2.53. The van der Waals surface area contributed by atoms with Crippen LogP contribution in [0.15, 0.2) is 42.5 Å². The number of benzene rings is 2. The Kier molecular flexibility index (Phi) is 6.05. The molecule has 0 saturated carbocycles. The van der Waals surface area contributed by atoms with Crippen molar-refractivity contribution >= 4 is 29.2 Å². The van der Waals surface area contributed by atoms with Gasteiger partial charge in [-0.3, -0.25) is 4.57 Å². The number of halogens is 2. The Labute approximate surface area is 172 Å². The van der Waals surface area contributed by atoms with E-state index in [1.54, 1.807) is 29.7 Å². The van der Waals surface area contributed by atoms with Gasteiger partial charge in [-0.25, -0.2) is 9.78 Å². The number of nitrogens with zero attached hydrogens (tertiary/aromatic N) is 2. The fourth-order valence-corrected chi connectivity index (χ4v) is 3.28. The van der Waals surface area contributed by atoms with Gasteiger partial charge >= 0.3 is 5.97 Å². The van der Waals surface area contributed by atoms with Crippen LogP contribution in [0.3, 0.4) is 0 Å². The van der Waals surface area contributed by atoms with Crippen LogP contribution in [-0.2, 0) is 0 Å². The first-order valence-electron chi connectivity index (χ1n) is 8.40. The number of aliphatic hydroxyl groups excluding tert-OH is 1. The van der Waals surface area contributed by atoms with Crippen LogP contribution in [0.4, 0.5) is 0 Å². The zero-order valence-electron chi connectivity index (χ0n) is 14.9. The molecular weight excluding hydrogens is 399 g/mol. The molecule has 2 N–H and O–H groups in total. The zero-order chi connectivity index (χ0) is 20.3. The second-order valence-corrected chi connectivity index (χ2v) is 6.80. The molecule has 0 aliphatic carbocycles. The van der Waals surface area contributed by atoms with E-state index in [-0.39, 0.29) is 12.3 Å². The number of aliphatic hydroxyl groups is 1. The lowest BCUT2D eigenvalue weighted by Gasteiger charge is -2.12. The average Bonchev–Trinajstić information content (AvgIpc) is 3.00. The summed E-state index contributed by atoms with van der Waals surface area (Å²) in [4.78, 5) is 15.9. The van der Waals surface area contributed by atoms with E-state index >= 15 is 0 Å². The van der Waals surface area contributed by atoms with Crippen molar-refractivity contribution in [1.82, 2.24) is 9.55 Å². The standard InChI is InChI=1S/C21H16Cl2N2O3/c1-13-19(21(27)28)24-20(17-10-7-15(22)12-18(17)23)25(13)16-8-5-14(6-9-16)4-2-3-11-26/h5-10,12,26H,3,11H2,1H3,(H,27,28). The summed E-state index contributed by atoms with van der Waals surface area (Å²) in [5, 5.41) is 19.2. The monoisotopic (exact) mass is 414 g/mol. The van der Waals surface area contributed by atoms with Crippen LogP contribution in [0.5, 0.6) is 0 Å². The van der Waals surface area contributed by atoms with E-state index in [0.717, 1.165) is 11.3 Å². The summed E-state index contributed by atoms with van der Waals surface area (Å²) in [5.74, 6) is 5.12. The number of imidazole rings is 1. The Hall–Kier alpha value is -2.78. The molecule has 1 heterocycles. The molecule has 2 aromatic carbocycles. The van der Waals surface area contributed by atoms with Crippen LogP contribution >= 0.6 is 23.2 Å². The lowest BCUT2D eigenvalue weighted by molar-refractivity contribution is 0.0690. The fourth-order valence-electron chi connectivity index (χ4n) is 2.79. The third kappa shape index (κ3) is 4.05. The van der Waals surface area contributed by atoms with Crippen molar-refractivity contribution in [3.05, 3.63) is 69.5 Å². The third-order valence-corrected chi connectivity index (χ3v) is 4.63. The number of carboxylic acid groups (broad SMARTS) is 1. The summed E-state index contributed by atoms with van der Waals surface area (Å²) >= 11 is 12.3. The van der Waals surface area contributed by atoms with Crippen LogP contribution in [0.2, 0.25) is 10.0 Å². The smallest absolute Gasteiger partial charge is 0.356 e. The first kappa shape index (κ1) is 20.0. The van der Waals surface area contributed by atoms with Crippen LogP contribution in [0, 0.1) is 18.8 Å². The molecule has 7 heteroatoms. The molecule has 3 rings (SSSR count). The summed E-state index contributed by atoms with van der Waals surface area (Å²) < 4.78 is 1.74. The quantitative estimate of drug-likeness (QED) is 0.612. The third-order valence-electron chi connectivity index (χ3n) is 4.08. The summed E-state index contributed by atoms with van der Waals surface area (Å²) in [6.07, 6.45) is 0.406. The van der Waals surface area contributed by atoms with Gasteiger partial charge in [-0.2, -0.15) is 0 Å². The molecule has 0 aliphatic rings. The van der Waals surface area contributed by atoms with Gasteiger partial charge in [-0.05, 0) is 49.4 Å². The van der Waals surface area contributed by atoms with Gasteiger partial charge < -0.3 is 10.2 Å². The fraction of sp³-hybridized carbons (Fsp3) is 0.143. The number of carboxylic acids is 1. The molecule has 0 unspecified atom stereocenters. The van der Waals surface area contributed by atoms with Gasteiger partial charge in [0.2, 0.25) is 0 Å². The predicted octanol–water partition coefficient (Wildman–Crippen LogP) is 4.59. The molecule has 1 aromatic heterocycles. The first-order valence-corrected chi connectivity index (χ1v) is 9.16. The van der Waals surface area contributed by atoms with Crippen molar-refractivity contribution in [3.63, 3.8) is 0 Å². The van der Waals surface area contributed by atoms with E-state index < -0.39 is 5.97 Å². The Balaban J connectivity index is 2.15. The van der Waals surface area contributed by atoms with Gasteiger partial charge in [0, 0.05) is 28.3 Å². The maximum Gasteiger partial charge on any atom is 0.356 e. The van der Waals surface area contributed by atoms with E-state index in [9.17, 15) is 9.90 Å². The van der Waals surface area contributed by atoms with Crippen LogP contribution in [-0.4, -0.2) is 32.3 Å². The number of aromatic carboxylic acids is 1. The van der Waals surface area contributed by atoms with Gasteiger partial charge in [0.05, 0.1) is 17.3 Å². The molecule has 0 saturated heterocycles. The maximum atomic E-state index is 11.6. The highest BCUT2D eigenvalue weighted by molar-refractivity contribution is 6.36. The Bertz CT molecular complexity index is 1090. The number of rotatable bonds is 4. The van der Waals surface area contributed by atoms with E-state index in [2.05, 4.69) is 16.8 Å². The molecule has 142 valence electrons. The van der Waals surface area contributed by atoms with Crippen molar-refractivity contribution in [3.8, 4) is 28.9 Å². The minimum absolute atomic E-state index is 0.0164. The number of hydrogen-bond acceptors (Lipinski definition) is 3. The highest BCUT2D eigenvalue weighted by Crippen LogP contribution is 2.33. The molecule has 3 aromatic rings. The highest BCUT2D eigenvalue weighted by atomic mass is 35.5. The summed E-state index contributed by atoms with van der Waals surface area (Å²) in [6, 6.07) is 12.3. The van der Waals surface area contributed by atoms with Gasteiger partial charge in [-0.15, -0.1) is 0 Å². The second kappa shape index (κ2) is 8.49. The maximum absolute atomic E-state index is 11.6. The van der Waals surface area contributed by atoms with Crippen molar-refractivity contribution in [2.24, 2.45) is 0 Å². The zero-order valence-corrected chi connectivity index (χ0v) is 16.4. The number of hydrogen-bond donors (Lipinski definition) is 2. The van der Waals surface area contributed by atoms with E-state index in [0.29, 0.717) is 33.5 Å². The second-order valence-electron chi connectivity index (χ2n) is 5.96. The molecule has 28 heavy (non-hydrogen) atoms. The molecule has 0 bridgehead atoms. The minimum Gasteiger partial charge on any atom is -0.476 e. The predicted molar refractivity (Wildman–Crippen MR) is 109 cm³/mol. The van der Waals surface area contributed by atoms with Crippen molar-refractivity contribution in [1.29, 1.82) is 0 Å². The first-order chi connectivity index (χ1) is 13.4. The number of carbonyl (C=O) groups is 1. The highest BCUT2D eigenvalue weighted by Gasteiger charge is 2.22. The van der Waals surface area contributed by atoms with Crippen molar-refractivity contribution in [2.45, 2.75) is 13.3 Å². The normalized spacial score (nSPS) is 10.4. The average molecular weight is 415 g/mol. The summed E-state index contributed by atoms with van der Waals surface area (Å²) in [6.45, 7) is 1.71. The van der Waals surface area contributed by atoms with E-state index in [1.807, 2.05) is 24.3 Å². The van der Waals surface area contributed by atoms with Crippen molar-refractivity contribution < 1.29 is 15.0 Å². The lowest BCUT2D eigenvalue weighted by Crippen LogP contribution is -2.02. The molecule has 5 nitrogen and oxygen atoms in total. The van der Waals surface area contributed by atoms with Gasteiger partial charge in [-0.1, -0.05) is 35.0 Å². The van der Waals surface area contributed by atoms with Crippen LogP contribution < -0.4 is 0 Å². The molecule has 0 radical (unpaired) electrons. The molecule has 0 atom stereocenters. The minimum atomic E-state index is -1.12. The Morgan fingerprint density at radius 2 is 1.89 bits per heavy atom. The molecular formula is C21H16Cl2N2O3.